The van der Waals surface area contributed by atoms with Crippen LogP contribution in [-0.4, -0.2) is 34.3 Å². The van der Waals surface area contributed by atoms with Crippen molar-refractivity contribution in [2.45, 2.75) is 24.8 Å². The van der Waals surface area contributed by atoms with Crippen LogP contribution in [0.3, 0.4) is 0 Å². The van der Waals surface area contributed by atoms with Crippen LogP contribution >= 0.6 is 0 Å². The average molecular weight is 226 g/mol. The molecule has 0 atom stereocenters. The Morgan fingerprint density at radius 3 is 2.81 bits per heavy atom. The zero-order valence-electron chi connectivity index (χ0n) is 9.13. The third-order valence-electron chi connectivity index (χ3n) is 2.96. The summed E-state index contributed by atoms with van der Waals surface area (Å²) in [4.78, 5) is 7.74. The third kappa shape index (κ3) is 1.92. The van der Waals surface area contributed by atoms with E-state index >= 15 is 0 Å². The lowest BCUT2D eigenvalue weighted by Crippen LogP contribution is -2.48. The van der Waals surface area contributed by atoms with Gasteiger partial charge >= 0.3 is 0 Å². The summed E-state index contributed by atoms with van der Waals surface area (Å²) < 4.78 is 13.4. The predicted octanol–water partition coefficient (Wildman–Crippen LogP) is 0.984. The molecule has 3 N–H and O–H groups in total. The van der Waals surface area contributed by atoms with Crippen molar-refractivity contribution in [3.8, 4) is 0 Å². The molecule has 0 spiro atoms. The maximum atomic E-state index is 13.4. The van der Waals surface area contributed by atoms with Crippen molar-refractivity contribution in [1.29, 1.82) is 0 Å². The Morgan fingerprint density at radius 2 is 2.31 bits per heavy atom. The van der Waals surface area contributed by atoms with E-state index in [1.54, 1.807) is 7.05 Å². The molecule has 0 unspecified atom stereocenters. The van der Waals surface area contributed by atoms with Crippen LogP contribution in [-0.2, 0) is 0 Å². The molecule has 1 aliphatic carbocycles. The van der Waals surface area contributed by atoms with Gasteiger partial charge in [0.1, 0.15) is 0 Å². The van der Waals surface area contributed by atoms with Gasteiger partial charge in [0.15, 0.2) is 11.6 Å². The highest BCUT2D eigenvalue weighted by Crippen LogP contribution is 2.34. The molecule has 1 saturated carbocycles. The number of aromatic nitrogens is 2. The lowest BCUT2D eigenvalue weighted by Gasteiger charge is -2.41. The summed E-state index contributed by atoms with van der Waals surface area (Å²) in [6, 6.07) is 0. The van der Waals surface area contributed by atoms with Gasteiger partial charge in [-0.3, -0.25) is 0 Å². The van der Waals surface area contributed by atoms with E-state index in [4.69, 9.17) is 0 Å². The number of nitrogens with one attached hydrogen (secondary N) is 2. The summed E-state index contributed by atoms with van der Waals surface area (Å²) >= 11 is 0. The van der Waals surface area contributed by atoms with Gasteiger partial charge in [-0.15, -0.1) is 0 Å². The van der Waals surface area contributed by atoms with Crippen molar-refractivity contribution in [2.24, 2.45) is 0 Å². The highest BCUT2D eigenvalue weighted by atomic mass is 19.1. The first-order valence-electron chi connectivity index (χ1n) is 5.28. The smallest absolute Gasteiger partial charge is 0.224 e. The predicted molar refractivity (Wildman–Crippen MR) is 58.8 cm³/mol. The van der Waals surface area contributed by atoms with Crippen molar-refractivity contribution in [3.05, 3.63) is 12.0 Å². The van der Waals surface area contributed by atoms with E-state index in [9.17, 15) is 9.50 Å². The fourth-order valence-corrected chi connectivity index (χ4v) is 1.75. The molecule has 16 heavy (non-hydrogen) atoms. The molecule has 1 aromatic heterocycles. The van der Waals surface area contributed by atoms with E-state index in [2.05, 4.69) is 20.6 Å². The molecule has 2 rings (SSSR count). The van der Waals surface area contributed by atoms with Gasteiger partial charge in [-0.1, -0.05) is 0 Å². The molecule has 6 heteroatoms. The maximum absolute atomic E-state index is 13.4. The lowest BCUT2D eigenvalue weighted by molar-refractivity contribution is 0.143. The maximum Gasteiger partial charge on any atom is 0.224 e. The highest BCUT2D eigenvalue weighted by Gasteiger charge is 2.37. The number of anilines is 2. The van der Waals surface area contributed by atoms with Gasteiger partial charge in [0, 0.05) is 7.05 Å². The minimum Gasteiger partial charge on any atom is -0.394 e. The van der Waals surface area contributed by atoms with Crippen molar-refractivity contribution < 1.29 is 9.50 Å². The molecule has 88 valence electrons. The Labute approximate surface area is 93.1 Å². The molecule has 1 aromatic rings. The largest absolute Gasteiger partial charge is 0.394 e. The summed E-state index contributed by atoms with van der Waals surface area (Å²) in [7, 11) is 1.67. The summed E-state index contributed by atoms with van der Waals surface area (Å²) in [6.45, 7) is -0.00860. The normalized spacial score (nSPS) is 17.7. The van der Waals surface area contributed by atoms with Crippen LogP contribution < -0.4 is 10.6 Å². The third-order valence-corrected chi connectivity index (χ3v) is 2.96. The Morgan fingerprint density at radius 1 is 1.56 bits per heavy atom. The Balaban J connectivity index is 2.19. The van der Waals surface area contributed by atoms with Crippen LogP contribution in [0.25, 0.3) is 0 Å². The monoisotopic (exact) mass is 226 g/mol. The summed E-state index contributed by atoms with van der Waals surface area (Å²) in [5.41, 5.74) is -0.403. The van der Waals surface area contributed by atoms with Crippen LogP contribution in [0.1, 0.15) is 19.3 Å². The van der Waals surface area contributed by atoms with Gasteiger partial charge in [0.2, 0.25) is 5.95 Å². The minimum absolute atomic E-state index is 0.00860. The zero-order valence-corrected chi connectivity index (χ0v) is 9.13. The molecule has 0 bridgehead atoms. The average Bonchev–Trinajstić information content (AvgIpc) is 2.26. The first kappa shape index (κ1) is 11.1. The molecule has 5 nitrogen and oxygen atoms in total. The standard InChI is InChI=1S/C10H15FN4O/c1-12-9-13-5-7(11)8(14-9)15-10(6-16)3-2-4-10/h5,16H,2-4,6H2,1H3,(H2,12,13,14,15). The molecule has 0 aromatic carbocycles. The molecule has 1 fully saturated rings. The van der Waals surface area contributed by atoms with E-state index in [0.717, 1.165) is 25.5 Å². The van der Waals surface area contributed by atoms with Gasteiger partial charge in [-0.05, 0) is 19.3 Å². The van der Waals surface area contributed by atoms with E-state index in [-0.39, 0.29) is 12.4 Å². The number of rotatable bonds is 4. The number of halogens is 1. The zero-order chi connectivity index (χ0) is 11.6. The van der Waals surface area contributed by atoms with Crippen molar-refractivity contribution in [2.75, 3.05) is 24.3 Å². The number of aliphatic hydroxyl groups excluding tert-OH is 1. The van der Waals surface area contributed by atoms with E-state index in [1.165, 1.54) is 0 Å². The van der Waals surface area contributed by atoms with E-state index < -0.39 is 11.4 Å². The topological polar surface area (TPSA) is 70.1 Å². The second-order valence-corrected chi connectivity index (χ2v) is 4.06. The van der Waals surface area contributed by atoms with Gasteiger partial charge < -0.3 is 15.7 Å². The second-order valence-electron chi connectivity index (χ2n) is 4.06. The van der Waals surface area contributed by atoms with Crippen molar-refractivity contribution >= 4 is 11.8 Å². The summed E-state index contributed by atoms with van der Waals surface area (Å²) in [5.74, 6) is 0.00291. The van der Waals surface area contributed by atoms with Gasteiger partial charge in [-0.2, -0.15) is 4.98 Å². The second kappa shape index (κ2) is 4.21. The molecule has 0 aliphatic heterocycles. The van der Waals surface area contributed by atoms with Crippen LogP contribution in [0.15, 0.2) is 6.20 Å². The number of aliphatic hydroxyl groups is 1. The minimum atomic E-state index is -0.501. The lowest BCUT2D eigenvalue weighted by atomic mass is 9.77. The first-order chi connectivity index (χ1) is 7.69. The fourth-order valence-electron chi connectivity index (χ4n) is 1.75. The quantitative estimate of drug-likeness (QED) is 0.714. The fraction of sp³-hybridized carbons (Fsp3) is 0.600. The molecule has 0 amide bonds. The van der Waals surface area contributed by atoms with Gasteiger partial charge in [-0.25, -0.2) is 9.37 Å². The molecule has 0 saturated heterocycles. The van der Waals surface area contributed by atoms with Crippen LogP contribution in [0.2, 0.25) is 0 Å². The van der Waals surface area contributed by atoms with Crippen LogP contribution in [0, 0.1) is 5.82 Å². The first-order valence-corrected chi connectivity index (χ1v) is 5.28. The van der Waals surface area contributed by atoms with Crippen LogP contribution in [0.4, 0.5) is 16.2 Å². The molecular formula is C10H15FN4O. The molecular weight excluding hydrogens is 211 g/mol. The SMILES string of the molecule is CNc1ncc(F)c(NC2(CO)CCC2)n1. The molecule has 1 aliphatic rings. The highest BCUT2D eigenvalue weighted by molar-refractivity contribution is 5.43. The number of hydrogen-bond donors (Lipinski definition) is 3. The van der Waals surface area contributed by atoms with Gasteiger partial charge in [0.25, 0.3) is 0 Å². The number of nitrogens with zero attached hydrogens (tertiary/aromatic N) is 2. The summed E-state index contributed by atoms with van der Waals surface area (Å²) in [6.07, 6.45) is 3.83. The molecule has 1 heterocycles. The van der Waals surface area contributed by atoms with E-state index in [0.29, 0.717) is 5.95 Å². The Bertz CT molecular complexity index is 376. The Kier molecular flexibility index (Phi) is 2.91. The van der Waals surface area contributed by atoms with Crippen LogP contribution in [0.5, 0.6) is 0 Å². The van der Waals surface area contributed by atoms with Crippen molar-refractivity contribution in [1.82, 2.24) is 9.97 Å². The Hall–Kier alpha value is -1.43. The van der Waals surface area contributed by atoms with Gasteiger partial charge in [0.05, 0.1) is 18.3 Å². The van der Waals surface area contributed by atoms with Crippen molar-refractivity contribution in [3.63, 3.8) is 0 Å². The summed E-state index contributed by atoms with van der Waals surface area (Å²) in [5, 5.41) is 15.0. The van der Waals surface area contributed by atoms with E-state index in [1.807, 2.05) is 0 Å². The number of hydrogen-bond acceptors (Lipinski definition) is 5. The molecule has 0 radical (unpaired) electrons.